The van der Waals surface area contributed by atoms with Crippen molar-refractivity contribution in [2.24, 2.45) is 0 Å². The predicted molar refractivity (Wildman–Crippen MR) is 97.2 cm³/mol. The zero-order chi connectivity index (χ0) is 16.8. The molecule has 2 rings (SSSR count). The van der Waals surface area contributed by atoms with Gasteiger partial charge in [0.25, 0.3) is 0 Å². The van der Waals surface area contributed by atoms with Gasteiger partial charge in [-0.15, -0.1) is 0 Å². The zero-order valence-electron chi connectivity index (χ0n) is 12.3. The quantitative estimate of drug-likeness (QED) is 0.556. The Morgan fingerprint density at radius 3 is 2.26 bits per heavy atom. The van der Waals surface area contributed by atoms with Gasteiger partial charge in [0, 0.05) is 0 Å². The standard InChI is InChI=1S/C17H15Br2NO3/c1-23-17(22)12-9-5-6-10-13(12)20-16(21)15(19)14(18)11-7-3-2-4-8-11/h2-10,14-15H,1H3,(H,20,21)/t14-,15-/m1/s1. The molecule has 0 unspecified atom stereocenters. The summed E-state index contributed by atoms with van der Waals surface area (Å²) >= 11 is 6.93. The Hall–Kier alpha value is -1.66. The van der Waals surface area contributed by atoms with E-state index in [-0.39, 0.29) is 10.7 Å². The molecule has 0 aliphatic rings. The predicted octanol–water partition coefficient (Wildman–Crippen LogP) is 4.31. The number of rotatable bonds is 5. The van der Waals surface area contributed by atoms with Crippen LogP contribution in [0, 0.1) is 0 Å². The summed E-state index contributed by atoms with van der Waals surface area (Å²) in [5.41, 5.74) is 1.71. The van der Waals surface area contributed by atoms with Crippen LogP contribution in [0.1, 0.15) is 20.7 Å². The maximum absolute atomic E-state index is 12.5. The van der Waals surface area contributed by atoms with Crippen LogP contribution in [0.15, 0.2) is 54.6 Å². The molecule has 120 valence electrons. The highest BCUT2D eigenvalue weighted by Crippen LogP contribution is 2.32. The molecule has 2 aromatic rings. The van der Waals surface area contributed by atoms with E-state index in [1.54, 1.807) is 24.3 Å². The molecule has 2 aromatic carbocycles. The number of carbonyl (C=O) groups is 2. The number of anilines is 1. The molecule has 0 bridgehead atoms. The molecule has 0 radical (unpaired) electrons. The number of hydrogen-bond donors (Lipinski definition) is 1. The minimum Gasteiger partial charge on any atom is -0.465 e. The van der Waals surface area contributed by atoms with Gasteiger partial charge >= 0.3 is 5.97 Å². The average molecular weight is 441 g/mol. The molecule has 6 heteroatoms. The molecule has 1 N–H and O–H groups in total. The van der Waals surface area contributed by atoms with E-state index in [0.717, 1.165) is 5.56 Å². The molecule has 0 heterocycles. The number of halogens is 2. The van der Waals surface area contributed by atoms with Gasteiger partial charge in [-0.3, -0.25) is 4.79 Å². The fourth-order valence-electron chi connectivity index (χ4n) is 2.02. The number of benzene rings is 2. The first-order valence-electron chi connectivity index (χ1n) is 6.86. The molecule has 0 aliphatic heterocycles. The topological polar surface area (TPSA) is 55.4 Å². The molecule has 1 amide bonds. The Kier molecular flexibility index (Phi) is 6.36. The van der Waals surface area contributed by atoms with Crippen LogP contribution in [0.25, 0.3) is 0 Å². The Morgan fingerprint density at radius 1 is 1.00 bits per heavy atom. The van der Waals surface area contributed by atoms with E-state index in [9.17, 15) is 9.59 Å². The van der Waals surface area contributed by atoms with Crippen molar-refractivity contribution >= 4 is 49.4 Å². The highest BCUT2D eigenvalue weighted by atomic mass is 79.9. The van der Waals surface area contributed by atoms with E-state index in [1.807, 2.05) is 30.3 Å². The van der Waals surface area contributed by atoms with Crippen LogP contribution in [0.4, 0.5) is 5.69 Å². The number of methoxy groups -OCH3 is 1. The fourth-order valence-corrected chi connectivity index (χ4v) is 2.99. The molecule has 0 aliphatic carbocycles. The lowest BCUT2D eigenvalue weighted by Gasteiger charge is -2.18. The Balaban J connectivity index is 2.15. The van der Waals surface area contributed by atoms with Crippen LogP contribution in [-0.4, -0.2) is 23.8 Å². The van der Waals surface area contributed by atoms with Gasteiger partial charge in [0.2, 0.25) is 5.91 Å². The Morgan fingerprint density at radius 2 is 1.61 bits per heavy atom. The molecule has 0 spiro atoms. The summed E-state index contributed by atoms with van der Waals surface area (Å²) in [4.78, 5) is 23.5. The van der Waals surface area contributed by atoms with Crippen LogP contribution < -0.4 is 5.32 Å². The molecular weight excluding hydrogens is 426 g/mol. The first-order chi connectivity index (χ1) is 11.0. The smallest absolute Gasteiger partial charge is 0.339 e. The number of hydrogen-bond acceptors (Lipinski definition) is 3. The van der Waals surface area contributed by atoms with Crippen molar-refractivity contribution in [2.75, 3.05) is 12.4 Å². The van der Waals surface area contributed by atoms with E-state index < -0.39 is 10.8 Å². The summed E-state index contributed by atoms with van der Waals surface area (Å²) in [6.07, 6.45) is 0. The van der Waals surface area contributed by atoms with E-state index >= 15 is 0 Å². The van der Waals surface area contributed by atoms with Crippen molar-refractivity contribution in [1.29, 1.82) is 0 Å². The van der Waals surface area contributed by atoms with E-state index in [0.29, 0.717) is 11.3 Å². The largest absolute Gasteiger partial charge is 0.465 e. The Labute approximate surface area is 151 Å². The summed E-state index contributed by atoms with van der Waals surface area (Å²) in [6.45, 7) is 0. The average Bonchev–Trinajstić information content (AvgIpc) is 2.61. The highest BCUT2D eigenvalue weighted by Gasteiger charge is 2.26. The molecule has 4 nitrogen and oxygen atoms in total. The normalized spacial score (nSPS) is 13.0. The van der Waals surface area contributed by atoms with Gasteiger partial charge in [-0.25, -0.2) is 4.79 Å². The van der Waals surface area contributed by atoms with Crippen LogP contribution in [0.3, 0.4) is 0 Å². The van der Waals surface area contributed by atoms with Gasteiger partial charge in [0.15, 0.2) is 0 Å². The molecule has 0 fully saturated rings. The molecule has 0 saturated heterocycles. The van der Waals surface area contributed by atoms with Crippen LogP contribution >= 0.6 is 31.9 Å². The second kappa shape index (κ2) is 8.26. The number of amides is 1. The van der Waals surface area contributed by atoms with E-state index in [2.05, 4.69) is 37.2 Å². The molecule has 23 heavy (non-hydrogen) atoms. The zero-order valence-corrected chi connectivity index (χ0v) is 15.5. The monoisotopic (exact) mass is 439 g/mol. The van der Waals surface area contributed by atoms with Crippen molar-refractivity contribution in [3.05, 3.63) is 65.7 Å². The third-order valence-electron chi connectivity index (χ3n) is 3.22. The van der Waals surface area contributed by atoms with Gasteiger partial charge < -0.3 is 10.1 Å². The number of nitrogens with one attached hydrogen (secondary N) is 1. The van der Waals surface area contributed by atoms with E-state index in [4.69, 9.17) is 4.74 Å². The summed E-state index contributed by atoms with van der Waals surface area (Å²) in [6, 6.07) is 16.3. The first kappa shape index (κ1) is 17.7. The maximum atomic E-state index is 12.5. The second-order valence-electron chi connectivity index (χ2n) is 4.74. The van der Waals surface area contributed by atoms with Crippen LogP contribution in [-0.2, 0) is 9.53 Å². The number of carbonyl (C=O) groups excluding carboxylic acids is 2. The molecule has 2 atom stereocenters. The minimum absolute atomic E-state index is 0.200. The first-order valence-corrected chi connectivity index (χ1v) is 8.69. The number of para-hydroxylation sites is 1. The van der Waals surface area contributed by atoms with Crippen molar-refractivity contribution in [3.8, 4) is 0 Å². The SMILES string of the molecule is COC(=O)c1ccccc1NC(=O)[C@H](Br)[C@H](Br)c1ccccc1. The van der Waals surface area contributed by atoms with Gasteiger partial charge in [-0.2, -0.15) is 0 Å². The number of ether oxygens (including phenoxy) is 1. The van der Waals surface area contributed by atoms with Crippen molar-refractivity contribution < 1.29 is 14.3 Å². The van der Waals surface area contributed by atoms with Crippen LogP contribution in [0.2, 0.25) is 0 Å². The maximum Gasteiger partial charge on any atom is 0.339 e. The summed E-state index contributed by atoms with van der Waals surface area (Å²) in [7, 11) is 1.30. The summed E-state index contributed by atoms with van der Waals surface area (Å²) in [5, 5.41) is 2.76. The van der Waals surface area contributed by atoms with Gasteiger partial charge in [-0.1, -0.05) is 74.3 Å². The van der Waals surface area contributed by atoms with Crippen molar-refractivity contribution in [3.63, 3.8) is 0 Å². The minimum atomic E-state index is -0.504. The fraction of sp³-hybridized carbons (Fsp3) is 0.176. The lowest BCUT2D eigenvalue weighted by atomic mass is 10.1. The molecule has 0 saturated carbocycles. The number of esters is 1. The number of alkyl halides is 2. The van der Waals surface area contributed by atoms with Gasteiger partial charge in [0.05, 0.1) is 23.2 Å². The van der Waals surface area contributed by atoms with Crippen LogP contribution in [0.5, 0.6) is 0 Å². The van der Waals surface area contributed by atoms with E-state index in [1.165, 1.54) is 7.11 Å². The second-order valence-corrected chi connectivity index (χ2v) is 6.71. The van der Waals surface area contributed by atoms with Crippen molar-refractivity contribution in [1.82, 2.24) is 0 Å². The lowest BCUT2D eigenvalue weighted by molar-refractivity contribution is -0.115. The summed E-state index contributed by atoms with van der Waals surface area (Å²) < 4.78 is 4.72. The highest BCUT2D eigenvalue weighted by molar-refractivity contribution is 9.12. The summed E-state index contributed by atoms with van der Waals surface area (Å²) in [5.74, 6) is -0.752. The molecular formula is C17H15Br2NO3. The third-order valence-corrected chi connectivity index (χ3v) is 5.93. The van der Waals surface area contributed by atoms with Crippen molar-refractivity contribution in [2.45, 2.75) is 9.65 Å². The van der Waals surface area contributed by atoms with Gasteiger partial charge in [-0.05, 0) is 17.7 Å². The van der Waals surface area contributed by atoms with Gasteiger partial charge in [0.1, 0.15) is 4.83 Å². The molecule has 0 aromatic heterocycles. The third kappa shape index (κ3) is 4.42. The lowest BCUT2D eigenvalue weighted by Crippen LogP contribution is -2.27. The Bertz CT molecular complexity index is 691.